The van der Waals surface area contributed by atoms with Gasteiger partial charge in [-0.05, 0) is 6.42 Å². The van der Waals surface area contributed by atoms with Crippen molar-refractivity contribution in [3.63, 3.8) is 0 Å². The van der Waals surface area contributed by atoms with Crippen molar-refractivity contribution >= 4 is 5.78 Å². The maximum atomic E-state index is 11.7. The molecule has 0 atom stereocenters. The average molecular weight is 236 g/mol. The van der Waals surface area contributed by atoms with Crippen LogP contribution in [0.5, 0.6) is 0 Å². The van der Waals surface area contributed by atoms with E-state index in [1.54, 1.807) is 6.20 Å². The molecular weight excluding hydrogens is 212 g/mol. The maximum absolute atomic E-state index is 11.7. The predicted octanol–water partition coefficient (Wildman–Crippen LogP) is 3.28. The first kappa shape index (κ1) is 13.9. The van der Waals surface area contributed by atoms with Crippen LogP contribution in [-0.2, 0) is 18.3 Å². The van der Waals surface area contributed by atoms with E-state index < -0.39 is 0 Å². The van der Waals surface area contributed by atoms with E-state index in [-0.39, 0.29) is 0 Å². The monoisotopic (exact) mass is 236 g/mol. The van der Waals surface area contributed by atoms with Gasteiger partial charge in [0, 0.05) is 25.9 Å². The molecule has 0 aliphatic carbocycles. The fourth-order valence-electron chi connectivity index (χ4n) is 1.93. The number of nitrogens with zero attached hydrogens (tertiary/aromatic N) is 2. The zero-order valence-electron chi connectivity index (χ0n) is 11.1. The molecule has 0 saturated carbocycles. The lowest BCUT2D eigenvalue weighted by Gasteiger charge is -2.02. The van der Waals surface area contributed by atoms with Gasteiger partial charge in [0.1, 0.15) is 11.6 Å². The Morgan fingerprint density at radius 2 is 1.94 bits per heavy atom. The van der Waals surface area contributed by atoms with E-state index in [4.69, 9.17) is 0 Å². The summed E-state index contributed by atoms with van der Waals surface area (Å²) >= 11 is 0. The minimum atomic E-state index is 0.315. The Morgan fingerprint density at radius 3 is 2.59 bits per heavy atom. The van der Waals surface area contributed by atoms with Crippen LogP contribution >= 0.6 is 0 Å². The molecule has 1 aromatic heterocycles. The van der Waals surface area contributed by atoms with E-state index in [9.17, 15) is 4.79 Å². The zero-order chi connectivity index (χ0) is 12.5. The molecule has 1 rings (SSSR count). The molecule has 0 aromatic carbocycles. The standard InChI is InChI=1S/C14H24N2O/c1-3-4-5-6-7-8-9-13(17)12-14-15-10-11-16(14)2/h10-11H,3-9,12H2,1-2H3. The van der Waals surface area contributed by atoms with Gasteiger partial charge in [0.2, 0.25) is 0 Å². The number of ketones is 1. The number of carbonyl (C=O) groups excluding carboxylic acids is 1. The second-order valence-corrected chi connectivity index (χ2v) is 4.69. The van der Waals surface area contributed by atoms with Crippen LogP contribution in [0.1, 0.15) is 57.7 Å². The minimum absolute atomic E-state index is 0.315. The highest BCUT2D eigenvalue weighted by Gasteiger charge is 2.06. The van der Waals surface area contributed by atoms with Crippen LogP contribution in [0.4, 0.5) is 0 Å². The average Bonchev–Trinajstić information content (AvgIpc) is 2.69. The van der Waals surface area contributed by atoms with Crippen molar-refractivity contribution < 1.29 is 4.79 Å². The molecule has 1 aromatic rings. The van der Waals surface area contributed by atoms with Crippen molar-refractivity contribution in [2.45, 2.75) is 58.3 Å². The zero-order valence-corrected chi connectivity index (χ0v) is 11.1. The van der Waals surface area contributed by atoms with Gasteiger partial charge in [-0.15, -0.1) is 0 Å². The Kier molecular flexibility index (Phi) is 6.60. The van der Waals surface area contributed by atoms with Crippen LogP contribution < -0.4 is 0 Å². The van der Waals surface area contributed by atoms with E-state index in [1.165, 1.54) is 32.1 Å². The Morgan fingerprint density at radius 1 is 1.24 bits per heavy atom. The number of aromatic nitrogens is 2. The second kappa shape index (κ2) is 8.04. The molecule has 1 heterocycles. The molecular formula is C14H24N2O. The summed E-state index contributed by atoms with van der Waals surface area (Å²) in [5.41, 5.74) is 0. The molecule has 0 aliphatic rings. The van der Waals surface area contributed by atoms with Gasteiger partial charge in [-0.25, -0.2) is 4.98 Å². The molecule has 3 heteroatoms. The third-order valence-electron chi connectivity index (χ3n) is 3.09. The molecule has 0 spiro atoms. The molecule has 0 radical (unpaired) electrons. The number of Topliss-reactive ketones (excluding diaryl/α,β-unsaturated/α-hetero) is 1. The van der Waals surface area contributed by atoms with E-state index in [2.05, 4.69) is 11.9 Å². The van der Waals surface area contributed by atoms with Crippen LogP contribution in [0.15, 0.2) is 12.4 Å². The second-order valence-electron chi connectivity index (χ2n) is 4.69. The molecule has 0 N–H and O–H groups in total. The fourth-order valence-corrected chi connectivity index (χ4v) is 1.93. The summed E-state index contributed by atoms with van der Waals surface area (Å²) in [6.07, 6.45) is 12.2. The molecule has 3 nitrogen and oxygen atoms in total. The molecule has 17 heavy (non-hydrogen) atoms. The van der Waals surface area contributed by atoms with Gasteiger partial charge in [-0.3, -0.25) is 4.79 Å². The maximum Gasteiger partial charge on any atom is 0.140 e. The quantitative estimate of drug-likeness (QED) is 0.617. The lowest BCUT2D eigenvalue weighted by atomic mass is 10.1. The largest absolute Gasteiger partial charge is 0.338 e. The summed E-state index contributed by atoms with van der Waals surface area (Å²) in [7, 11) is 1.93. The third-order valence-corrected chi connectivity index (χ3v) is 3.09. The molecule has 0 aliphatic heterocycles. The van der Waals surface area contributed by atoms with Crippen LogP contribution in [-0.4, -0.2) is 15.3 Å². The summed E-state index contributed by atoms with van der Waals surface area (Å²) in [6, 6.07) is 0. The van der Waals surface area contributed by atoms with E-state index in [1.807, 2.05) is 17.8 Å². The fraction of sp³-hybridized carbons (Fsp3) is 0.714. The summed E-state index contributed by atoms with van der Waals surface area (Å²) in [4.78, 5) is 15.9. The van der Waals surface area contributed by atoms with Gasteiger partial charge in [0.25, 0.3) is 0 Å². The highest BCUT2D eigenvalue weighted by molar-refractivity contribution is 5.80. The first-order valence-corrected chi connectivity index (χ1v) is 6.72. The Balaban J connectivity index is 2.08. The Bertz CT molecular complexity index is 331. The van der Waals surface area contributed by atoms with Crippen molar-refractivity contribution in [2.75, 3.05) is 0 Å². The van der Waals surface area contributed by atoms with Crippen LogP contribution in [0.2, 0.25) is 0 Å². The Hall–Kier alpha value is -1.12. The molecule has 0 bridgehead atoms. The highest BCUT2D eigenvalue weighted by atomic mass is 16.1. The SMILES string of the molecule is CCCCCCCCC(=O)Cc1nccn1C. The molecule has 0 saturated heterocycles. The molecule has 96 valence electrons. The van der Waals surface area contributed by atoms with E-state index in [0.29, 0.717) is 18.6 Å². The van der Waals surface area contributed by atoms with Crippen LogP contribution in [0.3, 0.4) is 0 Å². The highest BCUT2D eigenvalue weighted by Crippen LogP contribution is 2.08. The lowest BCUT2D eigenvalue weighted by molar-refractivity contribution is -0.118. The van der Waals surface area contributed by atoms with Crippen molar-refractivity contribution in [1.29, 1.82) is 0 Å². The topological polar surface area (TPSA) is 34.9 Å². The number of carbonyl (C=O) groups is 1. The third kappa shape index (κ3) is 5.66. The molecule has 0 unspecified atom stereocenters. The smallest absolute Gasteiger partial charge is 0.140 e. The summed E-state index contributed by atoms with van der Waals surface area (Å²) in [6.45, 7) is 2.22. The number of imidazole rings is 1. The summed E-state index contributed by atoms with van der Waals surface area (Å²) < 4.78 is 1.92. The van der Waals surface area contributed by atoms with E-state index in [0.717, 1.165) is 12.2 Å². The normalized spacial score (nSPS) is 10.7. The van der Waals surface area contributed by atoms with Gasteiger partial charge in [0.05, 0.1) is 6.42 Å². The molecule has 0 fully saturated rings. The number of hydrogen-bond acceptors (Lipinski definition) is 2. The van der Waals surface area contributed by atoms with Crippen molar-refractivity contribution in [3.05, 3.63) is 18.2 Å². The van der Waals surface area contributed by atoms with Crippen molar-refractivity contribution in [1.82, 2.24) is 9.55 Å². The first-order chi connectivity index (χ1) is 8.24. The van der Waals surface area contributed by atoms with Gasteiger partial charge in [-0.2, -0.15) is 0 Å². The van der Waals surface area contributed by atoms with Gasteiger partial charge in [-0.1, -0.05) is 39.0 Å². The van der Waals surface area contributed by atoms with Gasteiger partial charge < -0.3 is 4.57 Å². The van der Waals surface area contributed by atoms with Crippen LogP contribution in [0.25, 0.3) is 0 Å². The first-order valence-electron chi connectivity index (χ1n) is 6.72. The minimum Gasteiger partial charge on any atom is -0.338 e. The summed E-state index contributed by atoms with van der Waals surface area (Å²) in [5, 5.41) is 0. The number of hydrogen-bond donors (Lipinski definition) is 0. The Labute approximate surface area is 104 Å². The number of unbranched alkanes of at least 4 members (excludes halogenated alkanes) is 5. The van der Waals surface area contributed by atoms with Crippen LogP contribution in [0, 0.1) is 0 Å². The van der Waals surface area contributed by atoms with Crippen molar-refractivity contribution in [2.24, 2.45) is 7.05 Å². The number of rotatable bonds is 9. The lowest BCUT2D eigenvalue weighted by Crippen LogP contribution is -2.07. The molecule has 0 amide bonds. The van der Waals surface area contributed by atoms with Crippen molar-refractivity contribution in [3.8, 4) is 0 Å². The number of aryl methyl sites for hydroxylation is 1. The summed E-state index contributed by atoms with van der Waals surface area (Å²) in [5.74, 6) is 1.19. The van der Waals surface area contributed by atoms with E-state index >= 15 is 0 Å². The predicted molar refractivity (Wildman–Crippen MR) is 69.9 cm³/mol. The van der Waals surface area contributed by atoms with Gasteiger partial charge in [0.15, 0.2) is 0 Å². The van der Waals surface area contributed by atoms with Gasteiger partial charge >= 0.3 is 0 Å².